The van der Waals surface area contributed by atoms with E-state index in [9.17, 15) is 17.6 Å². The van der Waals surface area contributed by atoms with Crippen LogP contribution in [0.25, 0.3) is 11.0 Å². The Morgan fingerprint density at radius 3 is 2.55 bits per heavy atom. The van der Waals surface area contributed by atoms with Crippen molar-refractivity contribution in [1.82, 2.24) is 20.0 Å². The third-order valence-corrected chi connectivity index (χ3v) is 5.89. The SMILES string of the molecule is Cc1nc2cc(F)cc(C(=O)NCCNS(=O)(=O)c3cccc(Cl)c3)c2nc1C. The number of carbonyl (C=O) groups is 1. The topological polar surface area (TPSA) is 101 Å². The summed E-state index contributed by atoms with van der Waals surface area (Å²) in [7, 11) is -3.77. The van der Waals surface area contributed by atoms with Gasteiger partial charge >= 0.3 is 0 Å². The second-order valence-corrected chi connectivity index (χ2v) is 8.53. The fourth-order valence-electron chi connectivity index (χ4n) is 2.64. The number of carbonyl (C=O) groups excluding carboxylic acids is 1. The van der Waals surface area contributed by atoms with Crippen LogP contribution in [0.1, 0.15) is 21.7 Å². The van der Waals surface area contributed by atoms with Gasteiger partial charge < -0.3 is 5.32 Å². The molecule has 0 aliphatic heterocycles. The van der Waals surface area contributed by atoms with E-state index in [1.807, 2.05) is 0 Å². The summed E-state index contributed by atoms with van der Waals surface area (Å²) in [5.41, 5.74) is 1.87. The number of aromatic nitrogens is 2. The smallest absolute Gasteiger partial charge is 0.253 e. The van der Waals surface area contributed by atoms with E-state index < -0.39 is 21.7 Å². The van der Waals surface area contributed by atoms with Gasteiger partial charge in [-0.15, -0.1) is 0 Å². The second-order valence-electron chi connectivity index (χ2n) is 6.33. The van der Waals surface area contributed by atoms with Gasteiger partial charge in [-0.2, -0.15) is 0 Å². The number of amides is 1. The predicted molar refractivity (Wildman–Crippen MR) is 108 cm³/mol. The predicted octanol–water partition coefficient (Wildman–Crippen LogP) is 2.75. The molecule has 0 atom stereocenters. The van der Waals surface area contributed by atoms with Gasteiger partial charge in [-0.1, -0.05) is 17.7 Å². The molecule has 10 heteroatoms. The monoisotopic (exact) mass is 436 g/mol. The van der Waals surface area contributed by atoms with Crippen molar-refractivity contribution in [1.29, 1.82) is 0 Å². The number of hydrogen-bond donors (Lipinski definition) is 2. The van der Waals surface area contributed by atoms with Crippen LogP contribution in [-0.2, 0) is 10.0 Å². The van der Waals surface area contributed by atoms with Gasteiger partial charge in [0.15, 0.2) is 0 Å². The summed E-state index contributed by atoms with van der Waals surface area (Å²) >= 11 is 5.81. The summed E-state index contributed by atoms with van der Waals surface area (Å²) in [5, 5.41) is 2.86. The highest BCUT2D eigenvalue weighted by Crippen LogP contribution is 2.19. The molecule has 2 aromatic carbocycles. The van der Waals surface area contributed by atoms with Crippen molar-refractivity contribution in [2.24, 2.45) is 0 Å². The summed E-state index contributed by atoms with van der Waals surface area (Å²) < 4.78 is 40.8. The molecule has 3 rings (SSSR count). The van der Waals surface area contributed by atoms with E-state index >= 15 is 0 Å². The molecule has 0 aliphatic rings. The third kappa shape index (κ3) is 4.87. The van der Waals surface area contributed by atoms with Crippen molar-refractivity contribution in [3.63, 3.8) is 0 Å². The Morgan fingerprint density at radius 1 is 1.10 bits per heavy atom. The number of nitrogens with one attached hydrogen (secondary N) is 2. The molecule has 0 aliphatic carbocycles. The maximum atomic E-state index is 13.9. The minimum absolute atomic E-state index is 0.00505. The quantitative estimate of drug-likeness (QED) is 0.578. The summed E-state index contributed by atoms with van der Waals surface area (Å²) in [6, 6.07) is 8.12. The Morgan fingerprint density at radius 2 is 1.83 bits per heavy atom. The molecule has 0 bridgehead atoms. The van der Waals surface area contributed by atoms with Crippen LogP contribution in [0.2, 0.25) is 5.02 Å². The molecule has 1 heterocycles. The van der Waals surface area contributed by atoms with Gasteiger partial charge in [0, 0.05) is 24.2 Å². The van der Waals surface area contributed by atoms with Crippen LogP contribution in [0.3, 0.4) is 0 Å². The van der Waals surface area contributed by atoms with Crippen LogP contribution in [0.5, 0.6) is 0 Å². The van der Waals surface area contributed by atoms with Crippen LogP contribution in [0.4, 0.5) is 4.39 Å². The summed E-state index contributed by atoms with van der Waals surface area (Å²) in [6.07, 6.45) is 0. The van der Waals surface area contributed by atoms with E-state index in [-0.39, 0.29) is 34.6 Å². The van der Waals surface area contributed by atoms with Crippen molar-refractivity contribution in [2.45, 2.75) is 18.7 Å². The Labute approximate surface area is 172 Å². The highest BCUT2D eigenvalue weighted by molar-refractivity contribution is 7.89. The Bertz CT molecular complexity index is 1200. The summed E-state index contributed by atoms with van der Waals surface area (Å²) in [6.45, 7) is 3.43. The number of halogens is 2. The molecule has 0 radical (unpaired) electrons. The van der Waals surface area contributed by atoms with E-state index in [4.69, 9.17) is 11.6 Å². The second kappa shape index (κ2) is 8.40. The van der Waals surface area contributed by atoms with Gasteiger partial charge in [0.05, 0.1) is 27.4 Å². The Kier molecular flexibility index (Phi) is 6.11. The maximum absolute atomic E-state index is 13.9. The number of rotatable bonds is 6. The van der Waals surface area contributed by atoms with Crippen LogP contribution < -0.4 is 10.0 Å². The van der Waals surface area contributed by atoms with Crippen molar-refractivity contribution in [2.75, 3.05) is 13.1 Å². The molecule has 1 aromatic heterocycles. The summed E-state index contributed by atoms with van der Waals surface area (Å²) in [4.78, 5) is 21.1. The third-order valence-electron chi connectivity index (χ3n) is 4.20. The standard InChI is InChI=1S/C19H18ClFN4O3S/c1-11-12(2)25-18-16(9-14(21)10-17(18)24-11)19(26)22-6-7-23-29(27,28)15-5-3-4-13(20)8-15/h3-5,8-10,23H,6-7H2,1-2H3,(H,22,26). The van der Waals surface area contributed by atoms with Gasteiger partial charge in [0.25, 0.3) is 5.91 Å². The highest BCUT2D eigenvalue weighted by atomic mass is 35.5. The first-order chi connectivity index (χ1) is 13.7. The zero-order valence-electron chi connectivity index (χ0n) is 15.7. The van der Waals surface area contributed by atoms with Gasteiger partial charge in [-0.25, -0.2) is 27.5 Å². The van der Waals surface area contributed by atoms with E-state index in [0.29, 0.717) is 16.4 Å². The van der Waals surface area contributed by atoms with E-state index in [1.165, 1.54) is 24.3 Å². The number of aryl methyl sites for hydroxylation is 2. The Hall–Kier alpha value is -2.62. The van der Waals surface area contributed by atoms with Gasteiger partial charge in [0.1, 0.15) is 11.3 Å². The number of hydrogen-bond acceptors (Lipinski definition) is 5. The first kappa shape index (κ1) is 21.1. The molecule has 29 heavy (non-hydrogen) atoms. The number of fused-ring (bicyclic) bond motifs is 1. The van der Waals surface area contributed by atoms with Crippen molar-refractivity contribution in [3.05, 3.63) is 64.2 Å². The molecule has 0 saturated carbocycles. The van der Waals surface area contributed by atoms with E-state index in [0.717, 1.165) is 6.07 Å². The molecule has 3 aromatic rings. The van der Waals surface area contributed by atoms with Gasteiger partial charge in [-0.3, -0.25) is 4.79 Å². The van der Waals surface area contributed by atoms with Gasteiger partial charge in [-0.05, 0) is 38.1 Å². The molecular weight excluding hydrogens is 419 g/mol. The molecule has 2 N–H and O–H groups in total. The fraction of sp³-hybridized carbons (Fsp3) is 0.211. The van der Waals surface area contributed by atoms with Crippen LogP contribution in [0.15, 0.2) is 41.3 Å². The normalized spacial score (nSPS) is 11.6. The molecule has 0 unspecified atom stereocenters. The number of sulfonamides is 1. The van der Waals surface area contributed by atoms with Crippen LogP contribution in [0, 0.1) is 19.7 Å². The molecule has 1 amide bonds. The van der Waals surface area contributed by atoms with Crippen molar-refractivity contribution in [3.8, 4) is 0 Å². The Balaban J connectivity index is 1.69. The maximum Gasteiger partial charge on any atom is 0.253 e. The van der Waals surface area contributed by atoms with Crippen molar-refractivity contribution < 1.29 is 17.6 Å². The zero-order chi connectivity index (χ0) is 21.2. The van der Waals surface area contributed by atoms with E-state index in [1.54, 1.807) is 19.9 Å². The zero-order valence-corrected chi connectivity index (χ0v) is 17.2. The fourth-order valence-corrected chi connectivity index (χ4v) is 3.98. The number of benzene rings is 2. The lowest BCUT2D eigenvalue weighted by Gasteiger charge is -2.10. The summed E-state index contributed by atoms with van der Waals surface area (Å²) in [5.74, 6) is -1.18. The lowest BCUT2D eigenvalue weighted by molar-refractivity contribution is 0.0955. The lowest BCUT2D eigenvalue weighted by atomic mass is 10.1. The largest absolute Gasteiger partial charge is 0.351 e. The van der Waals surface area contributed by atoms with Crippen molar-refractivity contribution >= 4 is 38.6 Å². The molecule has 7 nitrogen and oxygen atoms in total. The lowest BCUT2D eigenvalue weighted by Crippen LogP contribution is -2.34. The van der Waals surface area contributed by atoms with E-state index in [2.05, 4.69) is 20.0 Å². The molecular formula is C19H18ClFN4O3S. The van der Waals surface area contributed by atoms with Crippen LogP contribution >= 0.6 is 11.6 Å². The number of nitrogens with zero attached hydrogens (tertiary/aromatic N) is 2. The molecule has 0 spiro atoms. The van der Waals surface area contributed by atoms with Crippen LogP contribution in [-0.4, -0.2) is 37.4 Å². The molecule has 0 fully saturated rings. The molecule has 152 valence electrons. The minimum atomic E-state index is -3.77. The average Bonchev–Trinajstić information content (AvgIpc) is 2.66. The highest BCUT2D eigenvalue weighted by Gasteiger charge is 2.17. The first-order valence-corrected chi connectivity index (χ1v) is 10.5. The molecule has 0 saturated heterocycles. The first-order valence-electron chi connectivity index (χ1n) is 8.65. The average molecular weight is 437 g/mol. The minimum Gasteiger partial charge on any atom is -0.351 e. The van der Waals surface area contributed by atoms with Gasteiger partial charge in [0.2, 0.25) is 10.0 Å².